The fourth-order valence-corrected chi connectivity index (χ4v) is 3.86. The lowest BCUT2D eigenvalue weighted by Gasteiger charge is -2.38. The van der Waals surface area contributed by atoms with Crippen molar-refractivity contribution in [1.82, 2.24) is 15.1 Å². The Hall–Kier alpha value is -3.23. The molecule has 1 fully saturated rings. The van der Waals surface area contributed by atoms with E-state index in [-0.39, 0.29) is 23.9 Å². The van der Waals surface area contributed by atoms with Gasteiger partial charge < -0.3 is 20.6 Å². The van der Waals surface area contributed by atoms with E-state index in [2.05, 4.69) is 15.1 Å². The molecule has 0 bridgehead atoms. The number of aromatic nitrogens is 2. The molecule has 8 nitrogen and oxygen atoms in total. The lowest BCUT2D eigenvalue weighted by Crippen LogP contribution is -2.57. The molecule has 168 valence electrons. The zero-order chi connectivity index (χ0) is 22.2. The van der Waals surface area contributed by atoms with Crippen LogP contribution in [-0.2, 0) is 4.79 Å². The molecule has 0 unspecified atom stereocenters. The predicted molar refractivity (Wildman–Crippen MR) is 126 cm³/mol. The van der Waals surface area contributed by atoms with Gasteiger partial charge in [-0.1, -0.05) is 36.4 Å². The number of nitrogens with zero attached hydrogens (tertiary/aromatic N) is 4. The summed E-state index contributed by atoms with van der Waals surface area (Å²) < 4.78 is 0. The summed E-state index contributed by atoms with van der Waals surface area (Å²) in [5, 5.41) is 20.1. The Bertz CT molecular complexity index is 1150. The highest BCUT2D eigenvalue weighted by Crippen LogP contribution is 2.32. The molecule has 0 spiro atoms. The maximum Gasteiger partial charge on any atom is 0.335 e. The van der Waals surface area contributed by atoms with E-state index in [0.29, 0.717) is 37.4 Å². The third-order valence-corrected chi connectivity index (χ3v) is 5.47. The number of rotatable bonds is 4. The summed E-state index contributed by atoms with van der Waals surface area (Å²) in [6.45, 7) is 5.84. The van der Waals surface area contributed by atoms with E-state index in [9.17, 15) is 14.7 Å². The summed E-state index contributed by atoms with van der Waals surface area (Å²) in [7, 11) is 0. The molecule has 4 rings (SSSR count). The van der Waals surface area contributed by atoms with Gasteiger partial charge in [0.25, 0.3) is 0 Å². The fourth-order valence-electron chi connectivity index (χ4n) is 3.86. The molecule has 0 atom stereocenters. The maximum atomic E-state index is 12.5. The van der Waals surface area contributed by atoms with Gasteiger partial charge in [0.2, 0.25) is 5.91 Å². The van der Waals surface area contributed by atoms with E-state index in [0.717, 1.165) is 16.6 Å². The van der Waals surface area contributed by atoms with Gasteiger partial charge in [-0.25, -0.2) is 4.79 Å². The maximum absolute atomic E-state index is 12.5. The molecule has 3 N–H and O–H groups in total. The average molecular weight is 456 g/mol. The topological polar surface area (TPSA) is 113 Å². The first-order chi connectivity index (χ1) is 14.8. The summed E-state index contributed by atoms with van der Waals surface area (Å²) >= 11 is 0. The van der Waals surface area contributed by atoms with Gasteiger partial charge >= 0.3 is 5.97 Å². The van der Waals surface area contributed by atoms with Gasteiger partial charge in [0.1, 0.15) is 5.69 Å². The van der Waals surface area contributed by atoms with Crippen LogP contribution in [0.4, 0.5) is 5.82 Å². The van der Waals surface area contributed by atoms with E-state index in [1.54, 1.807) is 36.9 Å². The van der Waals surface area contributed by atoms with Crippen LogP contribution in [0.15, 0.2) is 48.5 Å². The van der Waals surface area contributed by atoms with Gasteiger partial charge in [0.15, 0.2) is 5.82 Å². The van der Waals surface area contributed by atoms with Crippen LogP contribution in [-0.4, -0.2) is 63.8 Å². The van der Waals surface area contributed by atoms with E-state index in [1.165, 1.54) is 0 Å². The van der Waals surface area contributed by atoms with Gasteiger partial charge in [-0.3, -0.25) is 4.79 Å². The molecule has 2 aromatic carbocycles. The number of carboxylic acid groups (broad SMARTS) is 1. The van der Waals surface area contributed by atoms with Crippen LogP contribution in [0.5, 0.6) is 0 Å². The number of aromatic carboxylic acids is 1. The van der Waals surface area contributed by atoms with Gasteiger partial charge in [0.05, 0.1) is 11.1 Å². The first kappa shape index (κ1) is 23.4. The third kappa shape index (κ3) is 4.51. The van der Waals surface area contributed by atoms with E-state index in [1.807, 2.05) is 30.3 Å². The van der Waals surface area contributed by atoms with Crippen molar-refractivity contribution in [2.75, 3.05) is 31.1 Å². The zero-order valence-electron chi connectivity index (χ0n) is 18.0. The number of carbonyl (C=O) groups excluding carboxylic acids is 1. The quantitative estimate of drug-likeness (QED) is 0.621. The number of halogens is 1. The lowest BCUT2D eigenvalue weighted by atomic mass is 10.0. The fraction of sp³-hybridized carbons (Fsp3) is 0.304. The van der Waals surface area contributed by atoms with Gasteiger partial charge in [-0.2, -0.15) is 0 Å². The monoisotopic (exact) mass is 455 g/mol. The second-order valence-electron chi connectivity index (χ2n) is 8.30. The van der Waals surface area contributed by atoms with Crippen LogP contribution in [0.3, 0.4) is 0 Å². The Morgan fingerprint density at radius 1 is 0.969 bits per heavy atom. The number of anilines is 1. The first-order valence-electron chi connectivity index (χ1n) is 10.2. The molecule has 0 radical (unpaired) electrons. The van der Waals surface area contributed by atoms with Crippen molar-refractivity contribution in [1.29, 1.82) is 0 Å². The summed E-state index contributed by atoms with van der Waals surface area (Å²) in [5.74, 6) is -0.284. The number of piperazine rings is 1. The second-order valence-corrected chi connectivity index (χ2v) is 8.30. The molecular formula is C23H26ClN5O3. The molecule has 1 aromatic heterocycles. The standard InChI is InChI=1S/C23H25N5O3.ClH/c1-23(2,24)22(31)28-12-10-27(11-13-28)20-18-9-4-3-8-17(18)19(25-26-20)15-6-5-7-16(14-15)21(29)30;/h3-9,14H,10-13,24H2,1-2H3,(H,29,30);1H. The van der Waals surface area contributed by atoms with Gasteiger partial charge in [-0.15, -0.1) is 22.6 Å². The third-order valence-electron chi connectivity index (χ3n) is 5.47. The largest absolute Gasteiger partial charge is 0.478 e. The molecule has 0 aliphatic carbocycles. The van der Waals surface area contributed by atoms with Crippen LogP contribution in [0.25, 0.3) is 22.0 Å². The van der Waals surface area contributed by atoms with Crippen molar-refractivity contribution >= 4 is 40.9 Å². The minimum Gasteiger partial charge on any atom is -0.478 e. The Kier molecular flexibility index (Phi) is 6.66. The van der Waals surface area contributed by atoms with Crippen molar-refractivity contribution in [3.63, 3.8) is 0 Å². The number of hydrogen-bond donors (Lipinski definition) is 2. The molecule has 1 aliphatic rings. The Morgan fingerprint density at radius 2 is 1.62 bits per heavy atom. The van der Waals surface area contributed by atoms with Gasteiger partial charge in [0, 0.05) is 42.5 Å². The smallest absolute Gasteiger partial charge is 0.335 e. The lowest BCUT2D eigenvalue weighted by molar-refractivity contribution is -0.136. The summed E-state index contributed by atoms with van der Waals surface area (Å²) in [6, 6.07) is 14.5. The highest BCUT2D eigenvalue weighted by molar-refractivity contribution is 6.01. The predicted octanol–water partition coefficient (Wildman–Crippen LogP) is 2.80. The summed E-state index contributed by atoms with van der Waals surface area (Å²) in [5.41, 5.74) is 6.63. The van der Waals surface area contributed by atoms with E-state index < -0.39 is 11.5 Å². The van der Waals surface area contributed by atoms with Crippen LogP contribution >= 0.6 is 12.4 Å². The van der Waals surface area contributed by atoms with E-state index in [4.69, 9.17) is 5.73 Å². The van der Waals surface area contributed by atoms with Gasteiger partial charge in [-0.05, 0) is 26.0 Å². The van der Waals surface area contributed by atoms with Crippen LogP contribution < -0.4 is 10.6 Å². The number of carboxylic acids is 1. The molecule has 32 heavy (non-hydrogen) atoms. The van der Waals surface area contributed by atoms with Crippen molar-refractivity contribution in [3.05, 3.63) is 54.1 Å². The van der Waals surface area contributed by atoms with Crippen LogP contribution in [0.2, 0.25) is 0 Å². The van der Waals surface area contributed by atoms with E-state index >= 15 is 0 Å². The van der Waals surface area contributed by atoms with Crippen LogP contribution in [0, 0.1) is 0 Å². The van der Waals surface area contributed by atoms with Crippen molar-refractivity contribution in [2.45, 2.75) is 19.4 Å². The van der Waals surface area contributed by atoms with Crippen molar-refractivity contribution < 1.29 is 14.7 Å². The molecule has 9 heteroatoms. The number of hydrogen-bond acceptors (Lipinski definition) is 6. The van der Waals surface area contributed by atoms with Crippen LogP contribution in [0.1, 0.15) is 24.2 Å². The first-order valence-corrected chi connectivity index (χ1v) is 10.2. The number of carbonyl (C=O) groups is 2. The highest BCUT2D eigenvalue weighted by Gasteiger charge is 2.31. The Morgan fingerprint density at radius 3 is 2.25 bits per heavy atom. The normalized spacial score (nSPS) is 14.2. The molecule has 1 saturated heterocycles. The minimum absolute atomic E-state index is 0. The Labute approximate surface area is 192 Å². The minimum atomic E-state index is -0.983. The number of fused-ring (bicyclic) bond motifs is 1. The average Bonchev–Trinajstić information content (AvgIpc) is 2.77. The SMILES string of the molecule is CC(C)(N)C(=O)N1CCN(c2nnc(-c3cccc(C(=O)O)c3)c3ccccc23)CC1.Cl. The van der Waals surface area contributed by atoms with Crippen molar-refractivity contribution in [2.24, 2.45) is 5.73 Å². The molecule has 2 heterocycles. The van der Waals surface area contributed by atoms with Crippen molar-refractivity contribution in [3.8, 4) is 11.3 Å². The highest BCUT2D eigenvalue weighted by atomic mass is 35.5. The number of benzene rings is 2. The number of amides is 1. The summed E-state index contributed by atoms with van der Waals surface area (Å²) in [4.78, 5) is 27.7. The molecule has 1 aliphatic heterocycles. The Balaban J connectivity index is 0.00000289. The second kappa shape index (κ2) is 9.10. The number of nitrogens with two attached hydrogens (primary N) is 1. The molecule has 3 aromatic rings. The molecular weight excluding hydrogens is 430 g/mol. The molecule has 1 amide bonds. The summed E-state index contributed by atoms with van der Waals surface area (Å²) in [6.07, 6.45) is 0. The molecule has 0 saturated carbocycles. The zero-order valence-corrected chi connectivity index (χ0v) is 18.8.